The van der Waals surface area contributed by atoms with Crippen LogP contribution < -0.4 is 5.73 Å². The van der Waals surface area contributed by atoms with Crippen LogP contribution in [0.3, 0.4) is 0 Å². The zero-order valence-electron chi connectivity index (χ0n) is 12.1. The Morgan fingerprint density at radius 2 is 1.94 bits per heavy atom. The summed E-state index contributed by atoms with van der Waals surface area (Å²) in [7, 11) is 1.77. The molecule has 0 aromatic rings. The van der Waals surface area contributed by atoms with Gasteiger partial charge in [-0.3, -0.25) is 0 Å². The molecule has 0 aliphatic carbocycles. The van der Waals surface area contributed by atoms with Crippen molar-refractivity contribution in [2.75, 3.05) is 39.9 Å². The van der Waals surface area contributed by atoms with Crippen molar-refractivity contribution in [2.45, 2.75) is 46.0 Å². The lowest BCUT2D eigenvalue weighted by Crippen LogP contribution is -2.34. The standard InChI is InChI=1S/C14H32N2O/c1-4-6-8-14(5-2)13-16(10-7-9-15)11-12-17-3/h14H,4-13,15H2,1-3H3. The lowest BCUT2D eigenvalue weighted by Gasteiger charge is -2.26. The first-order chi connectivity index (χ1) is 8.28. The van der Waals surface area contributed by atoms with Crippen molar-refractivity contribution < 1.29 is 4.74 Å². The first-order valence-electron chi connectivity index (χ1n) is 7.19. The highest BCUT2D eigenvalue weighted by atomic mass is 16.5. The average molecular weight is 244 g/mol. The van der Waals surface area contributed by atoms with Gasteiger partial charge in [0, 0.05) is 20.2 Å². The molecular formula is C14H32N2O. The summed E-state index contributed by atoms with van der Waals surface area (Å²) in [6, 6.07) is 0. The van der Waals surface area contributed by atoms with E-state index in [0.717, 1.165) is 38.6 Å². The second-order valence-electron chi connectivity index (χ2n) is 4.85. The van der Waals surface area contributed by atoms with Crippen molar-refractivity contribution >= 4 is 0 Å². The lowest BCUT2D eigenvalue weighted by molar-refractivity contribution is 0.133. The van der Waals surface area contributed by atoms with Gasteiger partial charge in [-0.15, -0.1) is 0 Å². The Balaban J connectivity index is 3.97. The maximum atomic E-state index is 5.59. The summed E-state index contributed by atoms with van der Waals surface area (Å²) >= 11 is 0. The molecule has 0 heterocycles. The first-order valence-corrected chi connectivity index (χ1v) is 7.19. The maximum Gasteiger partial charge on any atom is 0.0589 e. The predicted molar refractivity (Wildman–Crippen MR) is 75.3 cm³/mol. The van der Waals surface area contributed by atoms with Crippen LogP contribution in [0.25, 0.3) is 0 Å². The monoisotopic (exact) mass is 244 g/mol. The van der Waals surface area contributed by atoms with E-state index in [1.807, 2.05) is 0 Å². The highest BCUT2D eigenvalue weighted by molar-refractivity contribution is 4.66. The molecule has 17 heavy (non-hydrogen) atoms. The van der Waals surface area contributed by atoms with Crippen LogP contribution in [-0.4, -0.2) is 44.8 Å². The van der Waals surface area contributed by atoms with Gasteiger partial charge in [0.1, 0.15) is 0 Å². The van der Waals surface area contributed by atoms with Crippen molar-refractivity contribution in [2.24, 2.45) is 11.7 Å². The molecule has 0 amide bonds. The number of rotatable bonds is 12. The fourth-order valence-corrected chi connectivity index (χ4v) is 2.11. The van der Waals surface area contributed by atoms with Gasteiger partial charge in [-0.25, -0.2) is 0 Å². The molecular weight excluding hydrogens is 212 g/mol. The van der Waals surface area contributed by atoms with Gasteiger partial charge < -0.3 is 15.4 Å². The third kappa shape index (κ3) is 9.57. The van der Waals surface area contributed by atoms with E-state index in [0.29, 0.717) is 0 Å². The molecule has 0 saturated heterocycles. The van der Waals surface area contributed by atoms with E-state index >= 15 is 0 Å². The highest BCUT2D eigenvalue weighted by Crippen LogP contribution is 2.14. The molecule has 0 radical (unpaired) electrons. The average Bonchev–Trinajstić information content (AvgIpc) is 2.36. The zero-order valence-corrected chi connectivity index (χ0v) is 12.1. The molecule has 2 N–H and O–H groups in total. The molecule has 0 aromatic carbocycles. The number of nitrogens with zero attached hydrogens (tertiary/aromatic N) is 1. The Morgan fingerprint density at radius 1 is 1.18 bits per heavy atom. The highest BCUT2D eigenvalue weighted by Gasteiger charge is 2.11. The van der Waals surface area contributed by atoms with E-state index in [2.05, 4.69) is 18.7 Å². The van der Waals surface area contributed by atoms with E-state index in [1.54, 1.807) is 7.11 Å². The van der Waals surface area contributed by atoms with Gasteiger partial charge in [0.2, 0.25) is 0 Å². The molecule has 0 aliphatic heterocycles. The topological polar surface area (TPSA) is 38.5 Å². The number of ether oxygens (including phenoxy) is 1. The van der Waals surface area contributed by atoms with Crippen LogP contribution in [0.4, 0.5) is 0 Å². The molecule has 0 aromatic heterocycles. The quantitative estimate of drug-likeness (QED) is 0.573. The molecule has 1 atom stereocenters. The van der Waals surface area contributed by atoms with Crippen LogP contribution in [0, 0.1) is 5.92 Å². The summed E-state index contributed by atoms with van der Waals surface area (Å²) in [6.07, 6.45) is 6.39. The summed E-state index contributed by atoms with van der Waals surface area (Å²) in [4.78, 5) is 2.51. The van der Waals surface area contributed by atoms with Crippen LogP contribution in [0.15, 0.2) is 0 Å². The summed E-state index contributed by atoms with van der Waals surface area (Å²) in [6.45, 7) is 9.55. The number of unbranched alkanes of at least 4 members (excludes halogenated alkanes) is 1. The number of hydrogen-bond donors (Lipinski definition) is 1. The van der Waals surface area contributed by atoms with Crippen molar-refractivity contribution in [1.82, 2.24) is 4.90 Å². The molecule has 0 aliphatic rings. The zero-order chi connectivity index (χ0) is 12.9. The van der Waals surface area contributed by atoms with Crippen LogP contribution in [0.5, 0.6) is 0 Å². The maximum absolute atomic E-state index is 5.59. The second kappa shape index (κ2) is 12.3. The number of methoxy groups -OCH3 is 1. The Bertz CT molecular complexity index is 145. The van der Waals surface area contributed by atoms with E-state index in [9.17, 15) is 0 Å². The molecule has 0 bridgehead atoms. The minimum absolute atomic E-state index is 0.787. The number of nitrogens with two attached hydrogens (primary N) is 1. The van der Waals surface area contributed by atoms with Gasteiger partial charge in [0.15, 0.2) is 0 Å². The van der Waals surface area contributed by atoms with E-state index in [4.69, 9.17) is 10.5 Å². The second-order valence-corrected chi connectivity index (χ2v) is 4.85. The fourth-order valence-electron chi connectivity index (χ4n) is 2.11. The summed E-state index contributed by atoms with van der Waals surface area (Å²) < 4.78 is 5.18. The molecule has 104 valence electrons. The molecule has 0 saturated carbocycles. The SMILES string of the molecule is CCCCC(CC)CN(CCCN)CCOC. The third-order valence-corrected chi connectivity index (χ3v) is 3.35. The van der Waals surface area contributed by atoms with Crippen LogP contribution >= 0.6 is 0 Å². The van der Waals surface area contributed by atoms with E-state index < -0.39 is 0 Å². The van der Waals surface area contributed by atoms with Gasteiger partial charge >= 0.3 is 0 Å². The largest absolute Gasteiger partial charge is 0.383 e. The first kappa shape index (κ1) is 16.9. The van der Waals surface area contributed by atoms with Gasteiger partial charge in [-0.1, -0.05) is 33.1 Å². The van der Waals surface area contributed by atoms with E-state index in [-0.39, 0.29) is 0 Å². The van der Waals surface area contributed by atoms with Gasteiger partial charge in [0.25, 0.3) is 0 Å². The third-order valence-electron chi connectivity index (χ3n) is 3.35. The van der Waals surface area contributed by atoms with Crippen LogP contribution in [0.1, 0.15) is 46.0 Å². The predicted octanol–water partition coefficient (Wildman–Crippen LogP) is 2.50. The lowest BCUT2D eigenvalue weighted by atomic mass is 9.98. The van der Waals surface area contributed by atoms with Crippen molar-refractivity contribution in [3.63, 3.8) is 0 Å². The Labute approximate surface area is 108 Å². The summed E-state index contributed by atoms with van der Waals surface area (Å²) in [5.74, 6) is 0.838. The van der Waals surface area contributed by atoms with Crippen molar-refractivity contribution in [3.05, 3.63) is 0 Å². The normalized spacial score (nSPS) is 13.2. The molecule has 3 nitrogen and oxygen atoms in total. The molecule has 0 spiro atoms. The number of hydrogen-bond acceptors (Lipinski definition) is 3. The Hall–Kier alpha value is -0.120. The van der Waals surface area contributed by atoms with Gasteiger partial charge in [-0.2, -0.15) is 0 Å². The minimum atomic E-state index is 0.787. The molecule has 0 fully saturated rings. The van der Waals surface area contributed by atoms with Crippen LogP contribution in [0.2, 0.25) is 0 Å². The minimum Gasteiger partial charge on any atom is -0.383 e. The van der Waals surface area contributed by atoms with E-state index in [1.165, 1.54) is 32.2 Å². The van der Waals surface area contributed by atoms with Gasteiger partial charge in [0.05, 0.1) is 6.61 Å². The fraction of sp³-hybridized carbons (Fsp3) is 1.00. The summed E-state index contributed by atoms with van der Waals surface area (Å²) in [5.41, 5.74) is 5.59. The van der Waals surface area contributed by atoms with Gasteiger partial charge in [-0.05, 0) is 31.8 Å². The smallest absolute Gasteiger partial charge is 0.0589 e. The van der Waals surface area contributed by atoms with Crippen molar-refractivity contribution in [3.8, 4) is 0 Å². The van der Waals surface area contributed by atoms with Crippen LogP contribution in [-0.2, 0) is 4.74 Å². The Morgan fingerprint density at radius 3 is 2.47 bits per heavy atom. The molecule has 1 unspecified atom stereocenters. The Kier molecular flexibility index (Phi) is 12.3. The molecule has 3 heteroatoms. The summed E-state index contributed by atoms with van der Waals surface area (Å²) in [5, 5.41) is 0. The van der Waals surface area contributed by atoms with Crippen molar-refractivity contribution in [1.29, 1.82) is 0 Å². The molecule has 0 rings (SSSR count).